The molecule has 2 aromatic heterocycles. The predicted octanol–water partition coefficient (Wildman–Crippen LogP) is 3.20. The Bertz CT molecular complexity index is 454. The van der Waals surface area contributed by atoms with Crippen LogP contribution >= 0.6 is 22.7 Å². The van der Waals surface area contributed by atoms with E-state index >= 15 is 0 Å². The summed E-state index contributed by atoms with van der Waals surface area (Å²) in [7, 11) is 0. The Kier molecular flexibility index (Phi) is 3.91. The number of aromatic nitrogens is 2. The van der Waals surface area contributed by atoms with E-state index in [0.29, 0.717) is 0 Å². The van der Waals surface area contributed by atoms with Crippen LogP contribution < -0.4 is 5.32 Å². The van der Waals surface area contributed by atoms with E-state index in [1.54, 1.807) is 22.7 Å². The highest BCUT2D eigenvalue weighted by Crippen LogP contribution is 2.25. The van der Waals surface area contributed by atoms with Crippen molar-refractivity contribution in [3.05, 3.63) is 21.8 Å². The summed E-state index contributed by atoms with van der Waals surface area (Å²) in [5.74, 6) is 0. The van der Waals surface area contributed by atoms with Gasteiger partial charge in [0.05, 0.1) is 0 Å². The first-order valence-corrected chi connectivity index (χ1v) is 7.40. The van der Waals surface area contributed by atoms with Crippen LogP contribution in [0, 0.1) is 0 Å². The zero-order valence-electron chi connectivity index (χ0n) is 10.4. The van der Waals surface area contributed by atoms with Crippen LogP contribution in [-0.2, 0) is 6.42 Å². The van der Waals surface area contributed by atoms with Crippen molar-refractivity contribution in [2.45, 2.75) is 32.7 Å². The van der Waals surface area contributed by atoms with Gasteiger partial charge >= 0.3 is 0 Å². The van der Waals surface area contributed by atoms with Crippen LogP contribution in [0.5, 0.6) is 0 Å². The predicted molar refractivity (Wildman–Crippen MR) is 74.7 cm³/mol. The maximum atomic E-state index is 4.22. The van der Waals surface area contributed by atoms with Gasteiger partial charge in [0.25, 0.3) is 0 Å². The minimum absolute atomic E-state index is 0.168. The molecule has 92 valence electrons. The Hall–Kier alpha value is -0.780. The summed E-state index contributed by atoms with van der Waals surface area (Å²) in [4.78, 5) is 0. The molecule has 0 saturated carbocycles. The molecule has 0 aliphatic rings. The summed E-state index contributed by atoms with van der Waals surface area (Å²) in [6, 6.07) is 2.09. The molecule has 0 spiro atoms. The lowest BCUT2D eigenvalue weighted by molar-refractivity contribution is 0.429. The fourth-order valence-corrected chi connectivity index (χ4v) is 2.95. The van der Waals surface area contributed by atoms with Crippen molar-refractivity contribution >= 4 is 22.7 Å². The fraction of sp³-hybridized carbons (Fsp3) is 0.500. The van der Waals surface area contributed by atoms with E-state index in [9.17, 15) is 0 Å². The maximum Gasteiger partial charge on any atom is 0.148 e. The highest BCUT2D eigenvalue weighted by Gasteiger charge is 2.10. The normalized spacial score (nSPS) is 11.9. The molecule has 0 amide bonds. The first-order chi connectivity index (χ1) is 8.04. The largest absolute Gasteiger partial charge is 0.312 e. The van der Waals surface area contributed by atoms with E-state index in [0.717, 1.165) is 23.0 Å². The summed E-state index contributed by atoms with van der Waals surface area (Å²) in [5, 5.41) is 18.2. The van der Waals surface area contributed by atoms with E-state index in [2.05, 4.69) is 53.1 Å². The first-order valence-electron chi connectivity index (χ1n) is 5.64. The van der Waals surface area contributed by atoms with Gasteiger partial charge in [0, 0.05) is 29.4 Å². The quantitative estimate of drug-likeness (QED) is 0.924. The molecule has 0 saturated heterocycles. The molecule has 17 heavy (non-hydrogen) atoms. The molecule has 0 fully saturated rings. The smallest absolute Gasteiger partial charge is 0.148 e. The average Bonchev–Trinajstić information content (AvgIpc) is 2.83. The van der Waals surface area contributed by atoms with Crippen molar-refractivity contribution in [3.8, 4) is 10.6 Å². The third-order valence-corrected chi connectivity index (χ3v) is 3.94. The minimum Gasteiger partial charge on any atom is -0.312 e. The van der Waals surface area contributed by atoms with E-state index in [-0.39, 0.29) is 5.54 Å². The van der Waals surface area contributed by atoms with Crippen molar-refractivity contribution in [3.63, 3.8) is 0 Å². The zero-order valence-corrected chi connectivity index (χ0v) is 12.0. The van der Waals surface area contributed by atoms with E-state index < -0.39 is 0 Å². The molecule has 0 bridgehead atoms. The van der Waals surface area contributed by atoms with Gasteiger partial charge in [0.2, 0.25) is 0 Å². The molecule has 5 heteroatoms. The molecule has 3 nitrogen and oxygen atoms in total. The van der Waals surface area contributed by atoms with E-state index in [1.807, 2.05) is 0 Å². The summed E-state index contributed by atoms with van der Waals surface area (Å²) in [5.41, 5.74) is 1.35. The highest BCUT2D eigenvalue weighted by molar-refractivity contribution is 7.15. The molecule has 0 aromatic carbocycles. The monoisotopic (exact) mass is 267 g/mol. The van der Waals surface area contributed by atoms with Crippen molar-refractivity contribution in [1.82, 2.24) is 15.5 Å². The van der Waals surface area contributed by atoms with Gasteiger partial charge in [-0.1, -0.05) is 11.3 Å². The van der Waals surface area contributed by atoms with Crippen LogP contribution in [0.1, 0.15) is 25.8 Å². The zero-order chi connectivity index (χ0) is 12.3. The molecule has 0 aliphatic heterocycles. The van der Waals surface area contributed by atoms with Gasteiger partial charge in [-0.2, -0.15) is 11.3 Å². The number of rotatable bonds is 4. The van der Waals surface area contributed by atoms with Gasteiger partial charge in [0.15, 0.2) is 0 Å². The van der Waals surface area contributed by atoms with Crippen molar-refractivity contribution < 1.29 is 0 Å². The van der Waals surface area contributed by atoms with E-state index in [4.69, 9.17) is 0 Å². The van der Waals surface area contributed by atoms with Gasteiger partial charge in [-0.3, -0.25) is 0 Å². The van der Waals surface area contributed by atoms with Crippen molar-refractivity contribution in [1.29, 1.82) is 0 Å². The van der Waals surface area contributed by atoms with Crippen LogP contribution in [0.15, 0.2) is 16.8 Å². The van der Waals surface area contributed by atoms with Gasteiger partial charge in [-0.05, 0) is 32.2 Å². The molecule has 0 unspecified atom stereocenters. The summed E-state index contributed by atoms with van der Waals surface area (Å²) < 4.78 is 0. The summed E-state index contributed by atoms with van der Waals surface area (Å²) in [6.45, 7) is 7.46. The molecule has 1 N–H and O–H groups in total. The van der Waals surface area contributed by atoms with Gasteiger partial charge in [-0.15, -0.1) is 10.2 Å². The Labute approximate surface area is 110 Å². The molecular formula is C12H17N3S2. The summed E-state index contributed by atoms with van der Waals surface area (Å²) >= 11 is 3.38. The van der Waals surface area contributed by atoms with Crippen LogP contribution in [0.3, 0.4) is 0 Å². The van der Waals surface area contributed by atoms with Crippen LogP contribution in [-0.4, -0.2) is 22.3 Å². The number of nitrogens with zero attached hydrogens (tertiary/aromatic N) is 2. The van der Waals surface area contributed by atoms with Gasteiger partial charge in [0.1, 0.15) is 10.0 Å². The van der Waals surface area contributed by atoms with Gasteiger partial charge < -0.3 is 5.32 Å². The number of hydrogen-bond donors (Lipinski definition) is 1. The lowest BCUT2D eigenvalue weighted by atomic mass is 10.1. The molecule has 0 atom stereocenters. The maximum absolute atomic E-state index is 4.22. The molecule has 2 heterocycles. The lowest BCUT2D eigenvalue weighted by Crippen LogP contribution is -2.37. The minimum atomic E-state index is 0.168. The van der Waals surface area contributed by atoms with Crippen molar-refractivity contribution in [2.75, 3.05) is 6.54 Å². The highest BCUT2D eigenvalue weighted by atomic mass is 32.1. The van der Waals surface area contributed by atoms with Crippen LogP contribution in [0.4, 0.5) is 0 Å². The molecule has 0 radical (unpaired) electrons. The number of nitrogens with one attached hydrogen (secondary N) is 1. The fourth-order valence-electron chi connectivity index (χ4n) is 1.40. The number of hydrogen-bond acceptors (Lipinski definition) is 5. The molecular weight excluding hydrogens is 250 g/mol. The first kappa shape index (κ1) is 12.7. The average molecular weight is 267 g/mol. The SMILES string of the molecule is CC(C)(C)NCCc1nnc(-c2ccsc2)s1. The standard InChI is InChI=1S/C12H17N3S2/c1-12(2,3)13-6-4-10-14-15-11(17-10)9-5-7-16-8-9/h5,7-8,13H,4,6H2,1-3H3. The molecule has 2 rings (SSSR count). The van der Waals surface area contributed by atoms with Gasteiger partial charge in [-0.25, -0.2) is 0 Å². The Morgan fingerprint density at radius 3 is 2.76 bits per heavy atom. The molecule has 0 aliphatic carbocycles. The van der Waals surface area contributed by atoms with Crippen LogP contribution in [0.25, 0.3) is 10.6 Å². The topological polar surface area (TPSA) is 37.8 Å². The lowest BCUT2D eigenvalue weighted by Gasteiger charge is -2.19. The Morgan fingerprint density at radius 1 is 1.29 bits per heavy atom. The third kappa shape index (κ3) is 3.87. The van der Waals surface area contributed by atoms with Crippen LogP contribution in [0.2, 0.25) is 0 Å². The Morgan fingerprint density at radius 2 is 2.12 bits per heavy atom. The Balaban J connectivity index is 1.91. The molecule has 2 aromatic rings. The summed E-state index contributed by atoms with van der Waals surface area (Å²) in [6.07, 6.45) is 0.944. The second-order valence-corrected chi connectivity index (χ2v) is 6.78. The second-order valence-electron chi connectivity index (χ2n) is 4.94. The van der Waals surface area contributed by atoms with Crippen molar-refractivity contribution in [2.24, 2.45) is 0 Å². The second kappa shape index (κ2) is 5.25. The number of thiophene rings is 1. The van der Waals surface area contributed by atoms with E-state index in [1.165, 1.54) is 5.56 Å². The third-order valence-electron chi connectivity index (χ3n) is 2.23.